The van der Waals surface area contributed by atoms with Crippen LogP contribution in [-0.4, -0.2) is 22.6 Å². The van der Waals surface area contributed by atoms with Gasteiger partial charge in [-0.3, -0.25) is 9.59 Å². The fourth-order valence-corrected chi connectivity index (χ4v) is 2.19. The van der Waals surface area contributed by atoms with E-state index in [1.165, 1.54) is 0 Å². The Bertz CT molecular complexity index is 339. The van der Waals surface area contributed by atoms with Crippen LogP contribution in [0.2, 0.25) is 0 Å². The summed E-state index contributed by atoms with van der Waals surface area (Å²) in [4.78, 5) is 23.5. The van der Waals surface area contributed by atoms with Gasteiger partial charge in [-0.15, -0.1) is 6.58 Å². The molecule has 0 aromatic heterocycles. The molecule has 1 N–H and O–H groups in total. The van der Waals surface area contributed by atoms with Crippen molar-refractivity contribution in [3.8, 4) is 0 Å². The minimum atomic E-state index is -1.11. The molecule has 19 heavy (non-hydrogen) atoms. The topological polar surface area (TPSA) is 63.6 Å². The van der Waals surface area contributed by atoms with Gasteiger partial charge in [-0.25, -0.2) is 0 Å². The molecule has 0 aromatic carbocycles. The van der Waals surface area contributed by atoms with Gasteiger partial charge in [0.2, 0.25) is 0 Å². The van der Waals surface area contributed by atoms with Crippen LogP contribution < -0.4 is 0 Å². The Morgan fingerprint density at radius 1 is 1.32 bits per heavy atom. The second kappa shape index (κ2) is 6.73. The van der Waals surface area contributed by atoms with Gasteiger partial charge in [0.05, 0.1) is 11.8 Å². The van der Waals surface area contributed by atoms with Crippen molar-refractivity contribution in [2.75, 3.05) is 0 Å². The van der Waals surface area contributed by atoms with Gasteiger partial charge >= 0.3 is 11.9 Å². The summed E-state index contributed by atoms with van der Waals surface area (Å²) in [6, 6.07) is 0. The standard InChI is InChI=1S/C15H26O4/c1-7-8-15(13(17)18,9-11(2)3)10-12(16)19-14(4,5)6/h7,11H,1,8-10H2,2-6H3,(H,17,18)/t15-/m1/s1. The maximum atomic E-state index is 11.9. The lowest BCUT2D eigenvalue weighted by Crippen LogP contribution is -2.37. The zero-order valence-corrected chi connectivity index (χ0v) is 12.7. The first kappa shape index (κ1) is 17.7. The molecule has 0 unspecified atom stereocenters. The number of aliphatic carboxylic acids is 1. The predicted octanol–water partition coefficient (Wildman–Crippen LogP) is 3.41. The third kappa shape index (κ3) is 6.41. The Morgan fingerprint density at radius 2 is 1.84 bits per heavy atom. The molecule has 0 saturated heterocycles. The lowest BCUT2D eigenvalue weighted by atomic mass is 9.74. The molecule has 4 heteroatoms. The Balaban J connectivity index is 5.07. The van der Waals surface area contributed by atoms with Gasteiger partial charge in [-0.1, -0.05) is 19.9 Å². The summed E-state index contributed by atoms with van der Waals surface area (Å²) in [5, 5.41) is 9.50. The van der Waals surface area contributed by atoms with Crippen LogP contribution in [0.25, 0.3) is 0 Å². The van der Waals surface area contributed by atoms with E-state index in [0.717, 1.165) is 0 Å². The van der Waals surface area contributed by atoms with Crippen molar-refractivity contribution in [3.05, 3.63) is 12.7 Å². The molecular formula is C15H26O4. The summed E-state index contributed by atoms with van der Waals surface area (Å²) < 4.78 is 5.23. The van der Waals surface area contributed by atoms with Crippen LogP contribution in [0.5, 0.6) is 0 Å². The van der Waals surface area contributed by atoms with Gasteiger partial charge < -0.3 is 9.84 Å². The van der Waals surface area contributed by atoms with Crippen molar-refractivity contribution in [2.24, 2.45) is 11.3 Å². The number of rotatable bonds is 7. The summed E-state index contributed by atoms with van der Waals surface area (Å²) in [6.07, 6.45) is 2.12. The molecule has 0 fully saturated rings. The molecule has 0 rings (SSSR count). The number of carbonyl (C=O) groups is 2. The molecular weight excluding hydrogens is 244 g/mol. The van der Waals surface area contributed by atoms with Gasteiger partial charge in [-0.2, -0.15) is 0 Å². The van der Waals surface area contributed by atoms with Crippen molar-refractivity contribution >= 4 is 11.9 Å². The van der Waals surface area contributed by atoms with E-state index >= 15 is 0 Å². The predicted molar refractivity (Wildman–Crippen MR) is 74.8 cm³/mol. The van der Waals surface area contributed by atoms with Crippen molar-refractivity contribution in [1.82, 2.24) is 0 Å². The van der Waals surface area contributed by atoms with Crippen molar-refractivity contribution in [2.45, 2.75) is 59.5 Å². The van der Waals surface area contributed by atoms with Crippen LogP contribution in [0.4, 0.5) is 0 Å². The average Bonchev–Trinajstić information content (AvgIpc) is 2.12. The largest absolute Gasteiger partial charge is 0.481 e. The molecule has 0 amide bonds. The Morgan fingerprint density at radius 3 is 2.16 bits per heavy atom. The Kier molecular flexibility index (Phi) is 6.27. The van der Waals surface area contributed by atoms with E-state index in [-0.39, 0.29) is 18.8 Å². The van der Waals surface area contributed by atoms with Crippen LogP contribution in [0, 0.1) is 11.3 Å². The molecule has 0 aromatic rings. The molecule has 4 nitrogen and oxygen atoms in total. The quantitative estimate of drug-likeness (QED) is 0.569. The van der Waals surface area contributed by atoms with Crippen LogP contribution in [0.3, 0.4) is 0 Å². The lowest BCUT2D eigenvalue weighted by Gasteiger charge is -2.30. The first-order chi connectivity index (χ1) is 8.52. The molecule has 0 spiro atoms. The SMILES string of the molecule is C=CC[C@](CC(=O)OC(C)(C)C)(CC(C)C)C(=O)O. The molecule has 1 atom stereocenters. The number of hydrogen-bond donors (Lipinski definition) is 1. The van der Waals surface area contributed by atoms with E-state index in [4.69, 9.17) is 4.74 Å². The lowest BCUT2D eigenvalue weighted by molar-refractivity contribution is -0.165. The van der Waals surface area contributed by atoms with Gasteiger partial charge in [0, 0.05) is 0 Å². The number of carboxylic acids is 1. The molecule has 0 heterocycles. The summed E-state index contributed by atoms with van der Waals surface area (Å²) in [5.41, 5.74) is -1.72. The van der Waals surface area contributed by atoms with Crippen LogP contribution in [0.15, 0.2) is 12.7 Å². The normalized spacial score (nSPS) is 14.8. The van der Waals surface area contributed by atoms with Crippen LogP contribution in [0.1, 0.15) is 53.9 Å². The summed E-state index contributed by atoms with van der Waals surface area (Å²) in [6.45, 7) is 12.8. The van der Waals surface area contributed by atoms with E-state index < -0.39 is 23.0 Å². The van der Waals surface area contributed by atoms with E-state index in [1.807, 2.05) is 13.8 Å². The van der Waals surface area contributed by atoms with Crippen LogP contribution in [-0.2, 0) is 14.3 Å². The molecule has 0 radical (unpaired) electrons. The third-order valence-electron chi connectivity index (χ3n) is 2.69. The monoisotopic (exact) mass is 270 g/mol. The molecule has 0 aliphatic rings. The highest BCUT2D eigenvalue weighted by atomic mass is 16.6. The fraction of sp³-hybridized carbons (Fsp3) is 0.733. The average molecular weight is 270 g/mol. The number of ether oxygens (including phenoxy) is 1. The first-order valence-corrected chi connectivity index (χ1v) is 6.58. The van der Waals surface area contributed by atoms with E-state index in [0.29, 0.717) is 6.42 Å². The van der Waals surface area contributed by atoms with Crippen molar-refractivity contribution < 1.29 is 19.4 Å². The Labute approximate surface area is 115 Å². The number of carboxylic acid groups (broad SMARTS) is 1. The summed E-state index contributed by atoms with van der Waals surface area (Å²) in [5.74, 6) is -1.26. The molecule has 0 bridgehead atoms. The van der Waals surface area contributed by atoms with E-state index in [9.17, 15) is 14.7 Å². The van der Waals surface area contributed by atoms with Gasteiger partial charge in [-0.05, 0) is 39.5 Å². The maximum Gasteiger partial charge on any atom is 0.310 e. The highest BCUT2D eigenvalue weighted by Crippen LogP contribution is 2.36. The second-order valence-corrected chi connectivity index (χ2v) is 6.44. The highest BCUT2D eigenvalue weighted by Gasteiger charge is 2.41. The summed E-state index contributed by atoms with van der Waals surface area (Å²) >= 11 is 0. The highest BCUT2D eigenvalue weighted by molar-refractivity contribution is 5.82. The van der Waals surface area contributed by atoms with Gasteiger partial charge in [0.25, 0.3) is 0 Å². The van der Waals surface area contributed by atoms with E-state index in [2.05, 4.69) is 6.58 Å². The number of carbonyl (C=O) groups excluding carboxylic acids is 1. The molecule has 0 aliphatic heterocycles. The third-order valence-corrected chi connectivity index (χ3v) is 2.69. The number of hydrogen-bond acceptors (Lipinski definition) is 3. The molecule has 0 saturated carbocycles. The minimum absolute atomic E-state index is 0.121. The van der Waals surface area contributed by atoms with Gasteiger partial charge in [0.1, 0.15) is 5.60 Å². The molecule has 0 aliphatic carbocycles. The zero-order chi connectivity index (χ0) is 15.3. The smallest absolute Gasteiger partial charge is 0.310 e. The van der Waals surface area contributed by atoms with Crippen LogP contribution >= 0.6 is 0 Å². The number of allylic oxidation sites excluding steroid dienone is 1. The van der Waals surface area contributed by atoms with Crippen molar-refractivity contribution in [3.63, 3.8) is 0 Å². The number of esters is 1. The van der Waals surface area contributed by atoms with Gasteiger partial charge in [0.15, 0.2) is 0 Å². The maximum absolute atomic E-state index is 11.9. The zero-order valence-electron chi connectivity index (χ0n) is 12.7. The van der Waals surface area contributed by atoms with E-state index in [1.54, 1.807) is 26.8 Å². The van der Waals surface area contributed by atoms with Crippen molar-refractivity contribution in [1.29, 1.82) is 0 Å². The molecule has 110 valence electrons. The minimum Gasteiger partial charge on any atom is -0.481 e. The Hall–Kier alpha value is -1.32. The first-order valence-electron chi connectivity index (χ1n) is 6.58. The summed E-state index contributed by atoms with van der Waals surface area (Å²) in [7, 11) is 0. The second-order valence-electron chi connectivity index (χ2n) is 6.44. The fourth-order valence-electron chi connectivity index (χ4n) is 2.19.